The third-order valence-electron chi connectivity index (χ3n) is 5.54. The summed E-state index contributed by atoms with van der Waals surface area (Å²) in [4.78, 5) is 45.1. The number of aliphatic carboxylic acids is 1. The number of nitrogens with one attached hydrogen (secondary N) is 2. The van der Waals surface area contributed by atoms with E-state index in [9.17, 15) is 19.5 Å². The molecule has 8 nitrogen and oxygen atoms in total. The molecule has 0 aliphatic carbocycles. The van der Waals surface area contributed by atoms with Crippen LogP contribution in [0.3, 0.4) is 0 Å². The Kier molecular flexibility index (Phi) is 6.35. The van der Waals surface area contributed by atoms with Gasteiger partial charge < -0.3 is 15.4 Å². The van der Waals surface area contributed by atoms with Gasteiger partial charge in [0.25, 0.3) is 0 Å². The van der Waals surface area contributed by atoms with Gasteiger partial charge in [0.05, 0.1) is 12.0 Å². The summed E-state index contributed by atoms with van der Waals surface area (Å²) in [7, 11) is 0. The molecule has 0 unspecified atom stereocenters. The van der Waals surface area contributed by atoms with Gasteiger partial charge in [-0.1, -0.05) is 42.5 Å². The third kappa shape index (κ3) is 4.85. The molecule has 3 N–H and O–H groups in total. The summed E-state index contributed by atoms with van der Waals surface area (Å²) in [6.07, 6.45) is 3.10. The average Bonchev–Trinajstić information content (AvgIpc) is 3.31. The third-order valence-corrected chi connectivity index (χ3v) is 5.54. The van der Waals surface area contributed by atoms with Crippen molar-refractivity contribution in [2.45, 2.75) is 25.8 Å². The van der Waals surface area contributed by atoms with E-state index in [2.05, 4.69) is 15.3 Å². The number of fused-ring (bicyclic) bond motifs is 3. The second kappa shape index (κ2) is 9.52. The van der Waals surface area contributed by atoms with Crippen LogP contribution in [-0.2, 0) is 20.8 Å². The fraction of sp³-hybridized carbons (Fsp3) is 0.200. The second-order valence-electron chi connectivity index (χ2n) is 7.81. The van der Waals surface area contributed by atoms with Crippen molar-refractivity contribution < 1.29 is 19.5 Å². The molecule has 4 rings (SSSR count). The minimum atomic E-state index is -1.16. The number of rotatable bonds is 8. The number of carbonyl (C=O) groups excluding carboxylic acids is 2. The lowest BCUT2D eigenvalue weighted by molar-refractivity contribution is -0.140. The van der Waals surface area contributed by atoms with Crippen LogP contribution in [0.15, 0.2) is 67.1 Å². The Labute approximate surface area is 190 Å². The summed E-state index contributed by atoms with van der Waals surface area (Å²) in [6, 6.07) is 16.3. The lowest BCUT2D eigenvalue weighted by Crippen LogP contribution is -2.47. The highest BCUT2D eigenvalue weighted by atomic mass is 16.4. The monoisotopic (exact) mass is 444 g/mol. The first kappa shape index (κ1) is 22.0. The lowest BCUT2D eigenvalue weighted by Gasteiger charge is -2.29. The van der Waals surface area contributed by atoms with Gasteiger partial charge in [0.2, 0.25) is 11.8 Å². The summed E-state index contributed by atoms with van der Waals surface area (Å²) >= 11 is 0. The molecule has 0 fully saturated rings. The van der Waals surface area contributed by atoms with E-state index in [1.807, 2.05) is 48.5 Å². The van der Waals surface area contributed by atoms with Crippen LogP contribution in [0.4, 0.5) is 5.69 Å². The number of amides is 2. The number of hydrogen-bond donors (Lipinski definition) is 3. The summed E-state index contributed by atoms with van der Waals surface area (Å²) in [5, 5.41) is 16.6. The average molecular weight is 444 g/mol. The van der Waals surface area contributed by atoms with Crippen molar-refractivity contribution >= 4 is 45.0 Å². The van der Waals surface area contributed by atoms with Crippen molar-refractivity contribution in [3.8, 4) is 0 Å². The van der Waals surface area contributed by atoms with Crippen LogP contribution in [0.25, 0.3) is 21.5 Å². The van der Waals surface area contributed by atoms with E-state index in [4.69, 9.17) is 0 Å². The molecule has 8 heteroatoms. The van der Waals surface area contributed by atoms with Crippen LogP contribution in [0.5, 0.6) is 0 Å². The Bertz CT molecular complexity index is 1320. The van der Waals surface area contributed by atoms with Crippen molar-refractivity contribution in [3.63, 3.8) is 0 Å². The fourth-order valence-electron chi connectivity index (χ4n) is 3.99. The Morgan fingerprint density at radius 1 is 1.06 bits per heavy atom. The van der Waals surface area contributed by atoms with E-state index in [0.717, 1.165) is 21.5 Å². The number of aromatic nitrogens is 2. The van der Waals surface area contributed by atoms with Gasteiger partial charge in [0.1, 0.15) is 6.04 Å². The molecule has 4 aromatic rings. The smallest absolute Gasteiger partial charge is 0.327 e. The van der Waals surface area contributed by atoms with Crippen molar-refractivity contribution in [1.82, 2.24) is 15.3 Å². The minimum Gasteiger partial charge on any atom is -0.480 e. The van der Waals surface area contributed by atoms with Gasteiger partial charge in [0.15, 0.2) is 0 Å². The number of benzene rings is 3. The molecule has 0 saturated heterocycles. The highest BCUT2D eigenvalue weighted by molar-refractivity contribution is 6.10. The molecule has 1 heterocycles. The van der Waals surface area contributed by atoms with Gasteiger partial charge in [-0.3, -0.25) is 14.5 Å². The molecule has 168 valence electrons. The van der Waals surface area contributed by atoms with Gasteiger partial charge >= 0.3 is 5.97 Å². The van der Waals surface area contributed by atoms with E-state index >= 15 is 0 Å². The Hall–Kier alpha value is -4.20. The van der Waals surface area contributed by atoms with E-state index < -0.39 is 17.9 Å². The maximum atomic E-state index is 13.3. The first-order valence-electron chi connectivity index (χ1n) is 10.6. The number of nitrogens with zero attached hydrogens (tertiary/aromatic N) is 2. The predicted octanol–water partition coefficient (Wildman–Crippen LogP) is 3.27. The molecular weight excluding hydrogens is 420 g/mol. The fourth-order valence-corrected chi connectivity index (χ4v) is 3.99. The minimum absolute atomic E-state index is 0.0303. The van der Waals surface area contributed by atoms with E-state index in [-0.39, 0.29) is 25.3 Å². The molecule has 0 aliphatic rings. The quantitative estimate of drug-likeness (QED) is 0.361. The Balaban J connectivity index is 1.79. The van der Waals surface area contributed by atoms with Crippen molar-refractivity contribution in [2.75, 3.05) is 11.4 Å². The van der Waals surface area contributed by atoms with Crippen LogP contribution in [0.2, 0.25) is 0 Å². The van der Waals surface area contributed by atoms with Crippen LogP contribution in [-0.4, -0.2) is 45.4 Å². The van der Waals surface area contributed by atoms with E-state index in [1.54, 1.807) is 12.3 Å². The van der Waals surface area contributed by atoms with Crippen LogP contribution < -0.4 is 10.2 Å². The largest absolute Gasteiger partial charge is 0.480 e. The van der Waals surface area contributed by atoms with E-state index in [1.165, 1.54) is 18.2 Å². The standard InChI is InChI=1S/C25H24N4O4/c1-16(30)27-11-10-24(31)29(23(25(32)33)12-19-14-26-15-28-19)20-9-8-18-7-6-17-4-2-3-5-21(17)22(18)13-20/h2-9,13-15,23H,10-12H2,1H3,(H,26,28)(H,27,30)(H,32,33)/t23-/m0/s1. The van der Waals surface area contributed by atoms with Crippen LogP contribution in [0, 0.1) is 0 Å². The summed E-state index contributed by atoms with van der Waals surface area (Å²) < 4.78 is 0. The molecule has 2 amide bonds. The highest BCUT2D eigenvalue weighted by Crippen LogP contribution is 2.30. The number of hydrogen-bond acceptors (Lipinski definition) is 4. The Morgan fingerprint density at radius 3 is 2.48 bits per heavy atom. The summed E-state index contributed by atoms with van der Waals surface area (Å²) in [5.74, 6) is -1.78. The second-order valence-corrected chi connectivity index (χ2v) is 7.81. The van der Waals surface area contributed by atoms with Gasteiger partial charge in [-0.15, -0.1) is 0 Å². The number of carbonyl (C=O) groups is 3. The Morgan fingerprint density at radius 2 is 1.79 bits per heavy atom. The normalized spacial score (nSPS) is 11.9. The molecule has 0 spiro atoms. The number of carboxylic acid groups (broad SMARTS) is 1. The molecule has 1 aromatic heterocycles. The first-order chi connectivity index (χ1) is 15.9. The van der Waals surface area contributed by atoms with Gasteiger partial charge in [-0.25, -0.2) is 9.78 Å². The molecule has 33 heavy (non-hydrogen) atoms. The maximum Gasteiger partial charge on any atom is 0.327 e. The lowest BCUT2D eigenvalue weighted by atomic mass is 10.0. The summed E-state index contributed by atoms with van der Waals surface area (Å²) in [6.45, 7) is 1.49. The SMILES string of the molecule is CC(=O)NCCC(=O)N(c1ccc2ccc3ccccc3c2c1)[C@@H](Cc1c[nH]cn1)C(=O)O. The molecule has 0 aliphatic heterocycles. The van der Waals surface area contributed by atoms with Gasteiger partial charge in [0, 0.05) is 38.2 Å². The molecule has 0 bridgehead atoms. The number of imidazole rings is 1. The zero-order valence-corrected chi connectivity index (χ0v) is 18.1. The zero-order chi connectivity index (χ0) is 23.4. The number of H-pyrrole nitrogens is 1. The molecule has 0 saturated carbocycles. The maximum absolute atomic E-state index is 13.3. The molecular formula is C25H24N4O4. The van der Waals surface area contributed by atoms with Gasteiger partial charge in [-0.2, -0.15) is 0 Å². The van der Waals surface area contributed by atoms with Crippen LogP contribution >= 0.6 is 0 Å². The van der Waals surface area contributed by atoms with Crippen molar-refractivity contribution in [2.24, 2.45) is 0 Å². The zero-order valence-electron chi connectivity index (χ0n) is 18.1. The van der Waals surface area contributed by atoms with Crippen LogP contribution in [0.1, 0.15) is 19.0 Å². The van der Waals surface area contributed by atoms with Crippen molar-refractivity contribution in [1.29, 1.82) is 0 Å². The number of carboxylic acids is 1. The predicted molar refractivity (Wildman–Crippen MR) is 126 cm³/mol. The molecule has 0 radical (unpaired) electrons. The van der Waals surface area contributed by atoms with E-state index in [0.29, 0.717) is 11.4 Å². The number of anilines is 1. The topological polar surface area (TPSA) is 115 Å². The summed E-state index contributed by atoms with van der Waals surface area (Å²) in [5.41, 5.74) is 1.02. The first-order valence-corrected chi connectivity index (χ1v) is 10.6. The molecule has 3 aromatic carbocycles. The highest BCUT2D eigenvalue weighted by Gasteiger charge is 2.32. The van der Waals surface area contributed by atoms with Crippen molar-refractivity contribution in [3.05, 3.63) is 72.8 Å². The molecule has 1 atom stereocenters. The number of aromatic amines is 1. The van der Waals surface area contributed by atoms with Gasteiger partial charge in [-0.05, 0) is 33.7 Å².